The first-order valence-corrected chi connectivity index (χ1v) is 9.12. The van der Waals surface area contributed by atoms with Gasteiger partial charge in [0.2, 0.25) is 0 Å². The van der Waals surface area contributed by atoms with Crippen molar-refractivity contribution in [3.8, 4) is 5.75 Å². The number of nitrogens with zero attached hydrogens (tertiary/aromatic N) is 1. The molecule has 122 valence electrons. The molecular weight excluding hydrogens is 270 g/mol. The topological polar surface area (TPSA) is 9.23 Å². The van der Waals surface area contributed by atoms with Crippen molar-refractivity contribution in [2.24, 2.45) is 0 Å². The standard InChI is InChI=1S/C20H32NO/c1-17-9-5-8-16-21(17,2)20(14-6-4-7-15-20)18-10-12-19(22-3)13-11-18/h10-13,17H,4-9,14-16H2,1-3H3/q+1. The minimum atomic E-state index is 0.324. The van der Waals surface area contributed by atoms with E-state index < -0.39 is 0 Å². The van der Waals surface area contributed by atoms with Crippen LogP contribution in [0.1, 0.15) is 63.9 Å². The Morgan fingerprint density at radius 3 is 2.27 bits per heavy atom. The van der Waals surface area contributed by atoms with E-state index in [9.17, 15) is 0 Å². The van der Waals surface area contributed by atoms with Crippen LogP contribution in [0.5, 0.6) is 5.75 Å². The largest absolute Gasteiger partial charge is 0.497 e. The molecule has 1 aromatic carbocycles. The van der Waals surface area contributed by atoms with Crippen molar-refractivity contribution in [2.45, 2.75) is 69.9 Å². The number of methoxy groups -OCH3 is 1. The zero-order chi connectivity index (χ0) is 15.6. The molecule has 0 spiro atoms. The van der Waals surface area contributed by atoms with Crippen LogP contribution in [0.4, 0.5) is 0 Å². The Kier molecular flexibility index (Phi) is 4.49. The van der Waals surface area contributed by atoms with Crippen LogP contribution in [-0.4, -0.2) is 31.2 Å². The molecule has 2 atom stereocenters. The third-order valence-electron chi connectivity index (χ3n) is 6.75. The van der Waals surface area contributed by atoms with Gasteiger partial charge in [-0.15, -0.1) is 0 Å². The molecule has 1 aliphatic carbocycles. The highest BCUT2D eigenvalue weighted by Crippen LogP contribution is 2.49. The first-order chi connectivity index (χ1) is 10.6. The fraction of sp³-hybridized carbons (Fsp3) is 0.700. The summed E-state index contributed by atoms with van der Waals surface area (Å²) in [5.74, 6) is 0.976. The average Bonchev–Trinajstić information content (AvgIpc) is 2.58. The van der Waals surface area contributed by atoms with Gasteiger partial charge in [-0.3, -0.25) is 0 Å². The first-order valence-electron chi connectivity index (χ1n) is 9.12. The van der Waals surface area contributed by atoms with Crippen molar-refractivity contribution in [3.63, 3.8) is 0 Å². The Bertz CT molecular complexity index is 489. The van der Waals surface area contributed by atoms with Crippen LogP contribution in [0.15, 0.2) is 24.3 Å². The Hall–Kier alpha value is -1.02. The van der Waals surface area contributed by atoms with Crippen LogP contribution < -0.4 is 4.74 Å². The number of rotatable bonds is 3. The number of ether oxygens (including phenoxy) is 1. The molecule has 3 rings (SSSR count). The zero-order valence-electron chi connectivity index (χ0n) is 14.6. The van der Waals surface area contributed by atoms with Gasteiger partial charge < -0.3 is 9.22 Å². The number of quaternary nitrogens is 1. The van der Waals surface area contributed by atoms with Gasteiger partial charge in [-0.1, -0.05) is 6.42 Å². The maximum Gasteiger partial charge on any atom is 0.125 e. The van der Waals surface area contributed by atoms with E-state index in [0.717, 1.165) is 11.8 Å². The lowest BCUT2D eigenvalue weighted by molar-refractivity contribution is -0.993. The van der Waals surface area contributed by atoms with Crippen molar-refractivity contribution in [2.75, 3.05) is 20.7 Å². The molecule has 2 aliphatic rings. The van der Waals surface area contributed by atoms with E-state index >= 15 is 0 Å². The second kappa shape index (κ2) is 6.23. The number of hydrogen-bond acceptors (Lipinski definition) is 1. The smallest absolute Gasteiger partial charge is 0.125 e. The number of hydrogen-bond donors (Lipinski definition) is 0. The lowest BCUT2D eigenvalue weighted by Gasteiger charge is -2.58. The van der Waals surface area contributed by atoms with Gasteiger partial charge in [-0.05, 0) is 63.3 Å². The number of likely N-dealkylation sites (tertiary alicyclic amines) is 1. The quantitative estimate of drug-likeness (QED) is 0.724. The molecule has 0 amide bonds. The molecule has 2 nitrogen and oxygen atoms in total. The van der Waals surface area contributed by atoms with E-state index in [-0.39, 0.29) is 0 Å². The SMILES string of the molecule is COc1ccc(C2([N+]3(C)CCCCC3C)CCCCC2)cc1. The molecule has 2 unspecified atom stereocenters. The molecule has 0 bridgehead atoms. The fourth-order valence-corrected chi connectivity index (χ4v) is 5.15. The molecule has 2 fully saturated rings. The molecule has 0 N–H and O–H groups in total. The van der Waals surface area contributed by atoms with E-state index in [4.69, 9.17) is 4.74 Å². The summed E-state index contributed by atoms with van der Waals surface area (Å²) in [6, 6.07) is 9.78. The van der Waals surface area contributed by atoms with Crippen molar-refractivity contribution in [3.05, 3.63) is 29.8 Å². The van der Waals surface area contributed by atoms with E-state index in [1.165, 1.54) is 62.4 Å². The molecule has 1 aromatic rings. The Labute approximate surface area is 136 Å². The highest BCUT2D eigenvalue weighted by atomic mass is 16.5. The van der Waals surface area contributed by atoms with Crippen LogP contribution >= 0.6 is 0 Å². The van der Waals surface area contributed by atoms with Gasteiger partial charge in [-0.25, -0.2) is 0 Å². The monoisotopic (exact) mass is 302 g/mol. The minimum absolute atomic E-state index is 0.324. The van der Waals surface area contributed by atoms with Gasteiger partial charge in [-0.2, -0.15) is 0 Å². The van der Waals surface area contributed by atoms with E-state index in [1.807, 2.05) is 0 Å². The predicted molar refractivity (Wildman–Crippen MR) is 92.1 cm³/mol. The van der Waals surface area contributed by atoms with Gasteiger partial charge in [0.15, 0.2) is 0 Å². The van der Waals surface area contributed by atoms with Crippen LogP contribution in [0, 0.1) is 0 Å². The van der Waals surface area contributed by atoms with Gasteiger partial charge in [0.1, 0.15) is 11.3 Å². The van der Waals surface area contributed by atoms with Gasteiger partial charge in [0.25, 0.3) is 0 Å². The minimum Gasteiger partial charge on any atom is -0.497 e. The normalized spacial score (nSPS) is 31.7. The van der Waals surface area contributed by atoms with E-state index in [2.05, 4.69) is 38.2 Å². The number of benzene rings is 1. The molecule has 0 radical (unpaired) electrons. The van der Waals surface area contributed by atoms with E-state index in [1.54, 1.807) is 12.7 Å². The molecule has 1 saturated heterocycles. The van der Waals surface area contributed by atoms with Crippen LogP contribution in [0.3, 0.4) is 0 Å². The van der Waals surface area contributed by atoms with Gasteiger partial charge in [0, 0.05) is 18.4 Å². The van der Waals surface area contributed by atoms with Crippen LogP contribution in [0.2, 0.25) is 0 Å². The summed E-state index contributed by atoms with van der Waals surface area (Å²) < 4.78 is 6.63. The molecule has 1 aliphatic heterocycles. The zero-order valence-corrected chi connectivity index (χ0v) is 14.6. The molecular formula is C20H32NO+. The Balaban J connectivity index is 2.03. The van der Waals surface area contributed by atoms with Gasteiger partial charge >= 0.3 is 0 Å². The summed E-state index contributed by atoms with van der Waals surface area (Å²) in [7, 11) is 4.30. The Morgan fingerprint density at radius 2 is 1.68 bits per heavy atom. The lowest BCUT2D eigenvalue weighted by Crippen LogP contribution is -2.66. The van der Waals surface area contributed by atoms with Crippen LogP contribution in [0.25, 0.3) is 0 Å². The van der Waals surface area contributed by atoms with E-state index in [0.29, 0.717) is 5.54 Å². The highest BCUT2D eigenvalue weighted by Gasteiger charge is 2.53. The van der Waals surface area contributed by atoms with Crippen molar-refractivity contribution in [1.82, 2.24) is 0 Å². The average molecular weight is 302 g/mol. The molecule has 1 saturated carbocycles. The lowest BCUT2D eigenvalue weighted by atomic mass is 9.71. The molecule has 22 heavy (non-hydrogen) atoms. The summed E-state index contributed by atoms with van der Waals surface area (Å²) in [5, 5.41) is 0. The predicted octanol–water partition coefficient (Wildman–Crippen LogP) is 4.87. The van der Waals surface area contributed by atoms with Crippen LogP contribution in [-0.2, 0) is 5.54 Å². The second-order valence-electron chi connectivity index (χ2n) is 7.66. The third-order valence-corrected chi connectivity index (χ3v) is 6.75. The highest BCUT2D eigenvalue weighted by molar-refractivity contribution is 5.31. The summed E-state index contributed by atoms with van der Waals surface area (Å²) in [6.45, 7) is 3.83. The molecule has 0 aromatic heterocycles. The first kappa shape index (κ1) is 15.9. The summed E-state index contributed by atoms with van der Waals surface area (Å²) >= 11 is 0. The molecule has 1 heterocycles. The van der Waals surface area contributed by atoms with Crippen molar-refractivity contribution in [1.29, 1.82) is 0 Å². The second-order valence-corrected chi connectivity index (χ2v) is 7.66. The summed E-state index contributed by atoms with van der Waals surface area (Å²) in [4.78, 5) is 0. The number of piperidine rings is 1. The fourth-order valence-electron chi connectivity index (χ4n) is 5.15. The maximum atomic E-state index is 5.38. The van der Waals surface area contributed by atoms with Crippen molar-refractivity contribution < 1.29 is 9.22 Å². The molecule has 2 heteroatoms. The van der Waals surface area contributed by atoms with Crippen molar-refractivity contribution >= 4 is 0 Å². The third kappa shape index (κ3) is 2.46. The maximum absolute atomic E-state index is 5.38. The summed E-state index contributed by atoms with van der Waals surface area (Å²) in [6.07, 6.45) is 11.0. The Morgan fingerprint density at radius 1 is 1.00 bits per heavy atom. The summed E-state index contributed by atoms with van der Waals surface area (Å²) in [5.41, 5.74) is 1.87. The van der Waals surface area contributed by atoms with Gasteiger partial charge in [0.05, 0.1) is 26.7 Å².